The molecule has 1 aliphatic carbocycles. The molecule has 3 nitrogen and oxygen atoms in total. The van der Waals surface area contributed by atoms with Crippen molar-refractivity contribution in [3.05, 3.63) is 0 Å². The summed E-state index contributed by atoms with van der Waals surface area (Å²) in [4.78, 5) is 11.9. The van der Waals surface area contributed by atoms with Crippen molar-refractivity contribution in [2.45, 2.75) is 49.4 Å². The van der Waals surface area contributed by atoms with E-state index in [1.54, 1.807) is 11.8 Å². The lowest BCUT2D eigenvalue weighted by molar-refractivity contribution is -0.123. The number of hydrogen-bond donors (Lipinski definition) is 2. The third-order valence-electron chi connectivity index (χ3n) is 3.28. The van der Waals surface area contributed by atoms with Gasteiger partial charge in [0.25, 0.3) is 0 Å². The van der Waals surface area contributed by atoms with Crippen LogP contribution in [0.2, 0.25) is 0 Å². The molecule has 17 heavy (non-hydrogen) atoms. The number of amides is 1. The summed E-state index contributed by atoms with van der Waals surface area (Å²) < 4.78 is 0. The highest BCUT2D eigenvalue weighted by atomic mass is 32.2. The third kappa shape index (κ3) is 5.53. The minimum Gasteiger partial charge on any atom is -0.352 e. The minimum absolute atomic E-state index is 0.0332. The monoisotopic (exact) mass is 276 g/mol. The molecule has 1 rings (SSSR count). The van der Waals surface area contributed by atoms with Crippen LogP contribution in [0.4, 0.5) is 0 Å². The lowest BCUT2D eigenvalue weighted by Crippen LogP contribution is -2.47. The van der Waals surface area contributed by atoms with Crippen molar-refractivity contribution in [1.29, 1.82) is 0 Å². The third-order valence-corrected chi connectivity index (χ3v) is 5.01. The van der Waals surface area contributed by atoms with E-state index >= 15 is 0 Å². The molecule has 0 heterocycles. The van der Waals surface area contributed by atoms with Crippen LogP contribution in [0.3, 0.4) is 0 Å². The smallest absolute Gasteiger partial charge is 0.237 e. The molecule has 3 N–H and O–H groups in total. The van der Waals surface area contributed by atoms with Gasteiger partial charge in [0.15, 0.2) is 0 Å². The standard InChI is InChI=1S/C12H24N2OS2/c1-16-7-6-11(13)12(15)14-9-4-3-5-10(8-9)17-2/h9-11H,3-8,13H2,1-2H3,(H,14,15)/t9?,10?,11-/m0/s1. The van der Waals surface area contributed by atoms with Crippen LogP contribution in [0, 0.1) is 0 Å². The van der Waals surface area contributed by atoms with Gasteiger partial charge in [-0.05, 0) is 43.9 Å². The molecule has 1 amide bonds. The summed E-state index contributed by atoms with van der Waals surface area (Å²) in [5, 5.41) is 3.81. The first-order valence-electron chi connectivity index (χ1n) is 6.25. The minimum atomic E-state index is -0.336. The average molecular weight is 276 g/mol. The van der Waals surface area contributed by atoms with Gasteiger partial charge in [-0.3, -0.25) is 4.79 Å². The molecule has 0 saturated heterocycles. The molecule has 0 aromatic rings. The summed E-state index contributed by atoms with van der Waals surface area (Å²) in [6.45, 7) is 0. The number of nitrogens with one attached hydrogen (secondary N) is 1. The zero-order valence-electron chi connectivity index (χ0n) is 10.8. The Morgan fingerprint density at radius 2 is 2.24 bits per heavy atom. The number of nitrogens with two attached hydrogens (primary N) is 1. The molecule has 100 valence electrons. The topological polar surface area (TPSA) is 55.1 Å². The van der Waals surface area contributed by atoms with Crippen LogP contribution < -0.4 is 11.1 Å². The first-order valence-corrected chi connectivity index (χ1v) is 8.93. The van der Waals surface area contributed by atoms with Crippen LogP contribution in [0.1, 0.15) is 32.1 Å². The SMILES string of the molecule is CSCC[C@H](N)C(=O)NC1CCCC(SC)C1. The number of thioether (sulfide) groups is 2. The van der Waals surface area contributed by atoms with Gasteiger partial charge < -0.3 is 11.1 Å². The number of carbonyl (C=O) groups is 1. The fraction of sp³-hybridized carbons (Fsp3) is 0.917. The lowest BCUT2D eigenvalue weighted by atomic mass is 9.94. The van der Waals surface area contributed by atoms with E-state index < -0.39 is 0 Å². The van der Waals surface area contributed by atoms with Crippen LogP contribution in [0.15, 0.2) is 0 Å². The fourth-order valence-corrected chi connectivity index (χ4v) is 3.49. The second-order valence-corrected chi connectivity index (χ2v) is 6.74. The van der Waals surface area contributed by atoms with Crippen molar-refractivity contribution in [2.75, 3.05) is 18.3 Å². The normalized spacial score (nSPS) is 26.5. The Bertz CT molecular complexity index is 239. The van der Waals surface area contributed by atoms with Gasteiger partial charge in [0.2, 0.25) is 5.91 Å². The van der Waals surface area contributed by atoms with E-state index in [1.807, 2.05) is 18.0 Å². The zero-order valence-corrected chi connectivity index (χ0v) is 12.4. The zero-order chi connectivity index (χ0) is 12.7. The number of rotatable bonds is 6. The van der Waals surface area contributed by atoms with E-state index in [-0.39, 0.29) is 11.9 Å². The van der Waals surface area contributed by atoms with Crippen molar-refractivity contribution in [2.24, 2.45) is 5.73 Å². The summed E-state index contributed by atoms with van der Waals surface area (Å²) in [7, 11) is 0. The molecule has 3 atom stereocenters. The van der Waals surface area contributed by atoms with Gasteiger partial charge in [-0.15, -0.1) is 0 Å². The second kappa shape index (κ2) is 8.27. The van der Waals surface area contributed by atoms with Gasteiger partial charge in [-0.1, -0.05) is 6.42 Å². The molecule has 0 aromatic carbocycles. The van der Waals surface area contributed by atoms with Crippen molar-refractivity contribution in [1.82, 2.24) is 5.32 Å². The Balaban J connectivity index is 2.29. The van der Waals surface area contributed by atoms with E-state index in [0.29, 0.717) is 11.3 Å². The second-order valence-electron chi connectivity index (χ2n) is 4.62. The van der Waals surface area contributed by atoms with Crippen LogP contribution in [-0.4, -0.2) is 41.5 Å². The molecular formula is C12H24N2OS2. The molecule has 0 spiro atoms. The molecule has 0 aliphatic heterocycles. The Hall–Kier alpha value is 0.130. The van der Waals surface area contributed by atoms with E-state index in [0.717, 1.165) is 25.0 Å². The summed E-state index contributed by atoms with van der Waals surface area (Å²) in [6, 6.07) is 0.00568. The first-order chi connectivity index (χ1) is 8.17. The van der Waals surface area contributed by atoms with Crippen molar-refractivity contribution in [3.8, 4) is 0 Å². The van der Waals surface area contributed by atoms with Crippen molar-refractivity contribution in [3.63, 3.8) is 0 Å². The molecule has 1 fully saturated rings. The van der Waals surface area contributed by atoms with Gasteiger partial charge in [-0.25, -0.2) is 0 Å². The Morgan fingerprint density at radius 3 is 2.88 bits per heavy atom. The highest BCUT2D eigenvalue weighted by molar-refractivity contribution is 7.99. The van der Waals surface area contributed by atoms with E-state index in [9.17, 15) is 4.79 Å². The van der Waals surface area contributed by atoms with E-state index in [1.165, 1.54) is 12.8 Å². The molecule has 0 bridgehead atoms. The quantitative estimate of drug-likeness (QED) is 0.777. The maximum absolute atomic E-state index is 11.9. The van der Waals surface area contributed by atoms with Gasteiger partial charge in [0.1, 0.15) is 0 Å². The van der Waals surface area contributed by atoms with Crippen LogP contribution in [0.5, 0.6) is 0 Å². The van der Waals surface area contributed by atoms with E-state index in [4.69, 9.17) is 5.73 Å². The van der Waals surface area contributed by atoms with Crippen molar-refractivity contribution < 1.29 is 4.79 Å². The lowest BCUT2D eigenvalue weighted by Gasteiger charge is -2.29. The van der Waals surface area contributed by atoms with Crippen LogP contribution >= 0.6 is 23.5 Å². The average Bonchev–Trinajstić information content (AvgIpc) is 2.36. The summed E-state index contributed by atoms with van der Waals surface area (Å²) >= 11 is 3.65. The predicted octanol–water partition coefficient (Wildman–Crippen LogP) is 1.86. The largest absolute Gasteiger partial charge is 0.352 e. The first kappa shape index (κ1) is 15.2. The molecule has 1 saturated carbocycles. The van der Waals surface area contributed by atoms with Crippen molar-refractivity contribution >= 4 is 29.4 Å². The molecule has 0 radical (unpaired) electrons. The maximum atomic E-state index is 11.9. The Morgan fingerprint density at radius 1 is 1.47 bits per heavy atom. The summed E-state index contributed by atoms with van der Waals surface area (Å²) in [5.74, 6) is 0.984. The Kier molecular flexibility index (Phi) is 7.39. The maximum Gasteiger partial charge on any atom is 0.237 e. The molecule has 1 aliphatic rings. The van der Waals surface area contributed by atoms with Crippen LogP contribution in [-0.2, 0) is 4.79 Å². The van der Waals surface area contributed by atoms with Gasteiger partial charge in [0, 0.05) is 11.3 Å². The molecule has 5 heteroatoms. The molecular weight excluding hydrogens is 252 g/mol. The molecule has 2 unspecified atom stereocenters. The number of hydrogen-bond acceptors (Lipinski definition) is 4. The highest BCUT2D eigenvalue weighted by Crippen LogP contribution is 2.26. The number of carbonyl (C=O) groups excluding carboxylic acids is 1. The van der Waals surface area contributed by atoms with E-state index in [2.05, 4.69) is 11.6 Å². The van der Waals surface area contributed by atoms with Crippen LogP contribution in [0.25, 0.3) is 0 Å². The van der Waals surface area contributed by atoms with Gasteiger partial charge in [0.05, 0.1) is 6.04 Å². The summed E-state index contributed by atoms with van der Waals surface area (Å²) in [6.07, 6.45) is 9.67. The fourth-order valence-electron chi connectivity index (χ4n) is 2.17. The summed E-state index contributed by atoms with van der Waals surface area (Å²) in [5.41, 5.74) is 5.86. The predicted molar refractivity (Wildman–Crippen MR) is 78.7 cm³/mol. The Labute approximate surface area is 113 Å². The van der Waals surface area contributed by atoms with Gasteiger partial charge in [-0.2, -0.15) is 23.5 Å². The highest BCUT2D eigenvalue weighted by Gasteiger charge is 2.24. The molecule has 0 aromatic heterocycles. The van der Waals surface area contributed by atoms with Gasteiger partial charge >= 0.3 is 0 Å².